The lowest BCUT2D eigenvalue weighted by Gasteiger charge is -2.42. The van der Waals surface area contributed by atoms with Gasteiger partial charge in [0.05, 0.1) is 0 Å². The third kappa shape index (κ3) is 2.76. The number of carbonyl (C=O) groups is 2. The Hall–Kier alpha value is -1.26. The minimum Gasteiger partial charge on any atom is -0.480 e. The lowest BCUT2D eigenvalue weighted by atomic mass is 9.74. The SMILES string of the molecule is CCC1(CC)CCN(C(=O)N2CCC[C@H]2C(=O)O)CC1. The van der Waals surface area contributed by atoms with E-state index in [-0.39, 0.29) is 6.03 Å². The highest BCUT2D eigenvalue weighted by atomic mass is 16.4. The van der Waals surface area contributed by atoms with Gasteiger partial charge in [0.15, 0.2) is 0 Å². The van der Waals surface area contributed by atoms with Gasteiger partial charge in [0.1, 0.15) is 6.04 Å². The number of carboxylic acids is 1. The van der Waals surface area contributed by atoms with Gasteiger partial charge in [-0.1, -0.05) is 26.7 Å². The van der Waals surface area contributed by atoms with Crippen molar-refractivity contribution >= 4 is 12.0 Å². The van der Waals surface area contributed by atoms with E-state index >= 15 is 0 Å². The third-order valence-electron chi connectivity index (χ3n) is 5.38. The van der Waals surface area contributed by atoms with E-state index in [1.807, 2.05) is 4.90 Å². The van der Waals surface area contributed by atoms with Crippen molar-refractivity contribution < 1.29 is 14.7 Å². The number of hydrogen-bond acceptors (Lipinski definition) is 2. The summed E-state index contributed by atoms with van der Waals surface area (Å²) in [5, 5.41) is 9.18. The van der Waals surface area contributed by atoms with E-state index in [1.54, 1.807) is 4.90 Å². The first-order chi connectivity index (χ1) is 9.53. The quantitative estimate of drug-likeness (QED) is 0.865. The second-order valence-corrected chi connectivity index (χ2v) is 6.17. The van der Waals surface area contributed by atoms with E-state index in [4.69, 9.17) is 0 Å². The van der Waals surface area contributed by atoms with Gasteiger partial charge in [-0.25, -0.2) is 9.59 Å². The Bertz CT molecular complexity index is 369. The van der Waals surface area contributed by atoms with Gasteiger partial charge < -0.3 is 14.9 Å². The molecule has 0 aromatic carbocycles. The van der Waals surface area contributed by atoms with Crippen LogP contribution >= 0.6 is 0 Å². The fourth-order valence-electron chi connectivity index (χ4n) is 3.56. The van der Waals surface area contributed by atoms with Crippen molar-refractivity contribution in [2.45, 2.75) is 58.4 Å². The van der Waals surface area contributed by atoms with Gasteiger partial charge in [-0.3, -0.25) is 0 Å². The van der Waals surface area contributed by atoms with Crippen LogP contribution in [-0.2, 0) is 4.79 Å². The molecule has 2 aliphatic heterocycles. The number of hydrogen-bond donors (Lipinski definition) is 1. The Morgan fingerprint density at radius 1 is 1.15 bits per heavy atom. The van der Waals surface area contributed by atoms with E-state index in [0.29, 0.717) is 18.4 Å². The molecular weight excluding hydrogens is 256 g/mol. The molecule has 0 unspecified atom stereocenters. The summed E-state index contributed by atoms with van der Waals surface area (Å²) in [6.45, 7) is 6.57. The molecule has 0 aromatic heterocycles. The van der Waals surface area contributed by atoms with Gasteiger partial charge in [0, 0.05) is 19.6 Å². The van der Waals surface area contributed by atoms with Gasteiger partial charge >= 0.3 is 12.0 Å². The summed E-state index contributed by atoms with van der Waals surface area (Å²) in [4.78, 5) is 27.1. The molecular formula is C15H26N2O3. The molecule has 2 heterocycles. The molecule has 0 saturated carbocycles. The van der Waals surface area contributed by atoms with Crippen molar-refractivity contribution in [2.24, 2.45) is 5.41 Å². The summed E-state index contributed by atoms with van der Waals surface area (Å²) < 4.78 is 0. The Balaban J connectivity index is 1.96. The minimum absolute atomic E-state index is 0.0734. The van der Waals surface area contributed by atoms with Crippen LogP contribution in [0.25, 0.3) is 0 Å². The highest BCUT2D eigenvalue weighted by Crippen LogP contribution is 2.38. The first-order valence-electron chi connectivity index (χ1n) is 7.81. The monoisotopic (exact) mass is 282 g/mol. The second kappa shape index (κ2) is 6.02. The number of urea groups is 1. The van der Waals surface area contributed by atoms with Crippen LogP contribution in [0.2, 0.25) is 0 Å². The average Bonchev–Trinajstić information content (AvgIpc) is 2.96. The zero-order chi connectivity index (χ0) is 14.8. The normalized spacial score (nSPS) is 25.8. The highest BCUT2D eigenvalue weighted by molar-refractivity contribution is 5.83. The number of piperidine rings is 1. The number of carboxylic acid groups (broad SMARTS) is 1. The maximum absolute atomic E-state index is 12.5. The minimum atomic E-state index is -0.871. The Kier molecular flexibility index (Phi) is 4.55. The fourth-order valence-corrected chi connectivity index (χ4v) is 3.56. The summed E-state index contributed by atoms with van der Waals surface area (Å²) in [5.41, 5.74) is 0.383. The molecule has 114 valence electrons. The zero-order valence-electron chi connectivity index (χ0n) is 12.6. The van der Waals surface area contributed by atoms with Crippen LogP contribution < -0.4 is 0 Å². The van der Waals surface area contributed by atoms with Gasteiger partial charge in [-0.2, -0.15) is 0 Å². The van der Waals surface area contributed by atoms with Gasteiger partial charge in [-0.15, -0.1) is 0 Å². The van der Waals surface area contributed by atoms with Gasteiger partial charge in [-0.05, 0) is 31.1 Å². The van der Waals surface area contributed by atoms with Crippen LogP contribution in [0.3, 0.4) is 0 Å². The van der Waals surface area contributed by atoms with E-state index in [1.165, 1.54) is 0 Å². The smallest absolute Gasteiger partial charge is 0.326 e. The van der Waals surface area contributed by atoms with Crippen LogP contribution in [0.4, 0.5) is 4.79 Å². The first-order valence-corrected chi connectivity index (χ1v) is 7.81. The number of amides is 2. The van der Waals surface area contributed by atoms with Gasteiger partial charge in [0.2, 0.25) is 0 Å². The van der Waals surface area contributed by atoms with Crippen molar-refractivity contribution in [3.05, 3.63) is 0 Å². The molecule has 5 heteroatoms. The van der Waals surface area contributed by atoms with Crippen molar-refractivity contribution in [2.75, 3.05) is 19.6 Å². The number of rotatable bonds is 3. The van der Waals surface area contributed by atoms with Crippen LogP contribution in [0.5, 0.6) is 0 Å². The van der Waals surface area contributed by atoms with E-state index < -0.39 is 12.0 Å². The predicted molar refractivity (Wildman–Crippen MR) is 76.6 cm³/mol. The molecule has 1 N–H and O–H groups in total. The number of carbonyl (C=O) groups excluding carboxylic acids is 1. The maximum Gasteiger partial charge on any atom is 0.326 e. The molecule has 2 amide bonds. The molecule has 0 aromatic rings. The first kappa shape index (κ1) is 15.1. The molecule has 20 heavy (non-hydrogen) atoms. The van der Waals surface area contributed by atoms with Crippen molar-refractivity contribution in [3.8, 4) is 0 Å². The van der Waals surface area contributed by atoms with E-state index in [9.17, 15) is 14.7 Å². The maximum atomic E-state index is 12.5. The molecule has 5 nitrogen and oxygen atoms in total. The van der Waals surface area contributed by atoms with E-state index in [2.05, 4.69) is 13.8 Å². The Labute approximate surface area is 120 Å². The molecule has 2 fully saturated rings. The molecule has 2 saturated heterocycles. The third-order valence-corrected chi connectivity index (χ3v) is 5.38. The summed E-state index contributed by atoms with van der Waals surface area (Å²) in [6.07, 6.45) is 5.78. The number of likely N-dealkylation sites (tertiary alicyclic amines) is 2. The average molecular weight is 282 g/mol. The Morgan fingerprint density at radius 2 is 1.75 bits per heavy atom. The molecule has 0 radical (unpaired) electrons. The summed E-state index contributed by atoms with van der Waals surface area (Å²) in [7, 11) is 0. The second-order valence-electron chi connectivity index (χ2n) is 6.17. The van der Waals surface area contributed by atoms with Crippen LogP contribution in [0.1, 0.15) is 52.4 Å². The Morgan fingerprint density at radius 3 is 2.25 bits per heavy atom. The summed E-state index contributed by atoms with van der Waals surface area (Å²) in [6, 6.07) is -0.692. The summed E-state index contributed by atoms with van der Waals surface area (Å²) in [5.74, 6) is -0.871. The molecule has 2 aliphatic rings. The molecule has 0 bridgehead atoms. The molecule has 1 atom stereocenters. The molecule has 0 aliphatic carbocycles. The van der Waals surface area contributed by atoms with Gasteiger partial charge in [0.25, 0.3) is 0 Å². The molecule has 0 spiro atoms. The van der Waals surface area contributed by atoms with Crippen LogP contribution in [-0.4, -0.2) is 52.6 Å². The fraction of sp³-hybridized carbons (Fsp3) is 0.867. The molecule has 2 rings (SSSR count). The summed E-state index contributed by atoms with van der Waals surface area (Å²) >= 11 is 0. The topological polar surface area (TPSA) is 60.9 Å². The van der Waals surface area contributed by atoms with Crippen LogP contribution in [0.15, 0.2) is 0 Å². The number of aliphatic carboxylic acids is 1. The van der Waals surface area contributed by atoms with Crippen molar-refractivity contribution in [1.29, 1.82) is 0 Å². The lowest BCUT2D eigenvalue weighted by molar-refractivity contribution is -0.141. The predicted octanol–water partition coefficient (Wildman–Crippen LogP) is 2.56. The largest absolute Gasteiger partial charge is 0.480 e. The zero-order valence-corrected chi connectivity index (χ0v) is 12.6. The number of nitrogens with zero attached hydrogens (tertiary/aromatic N) is 2. The van der Waals surface area contributed by atoms with Crippen molar-refractivity contribution in [3.63, 3.8) is 0 Å². The highest BCUT2D eigenvalue weighted by Gasteiger charge is 2.39. The van der Waals surface area contributed by atoms with E-state index in [0.717, 1.165) is 45.2 Å². The van der Waals surface area contributed by atoms with Crippen LogP contribution in [0, 0.1) is 5.41 Å². The lowest BCUT2D eigenvalue weighted by Crippen LogP contribution is -2.51. The van der Waals surface area contributed by atoms with Crippen molar-refractivity contribution in [1.82, 2.24) is 9.80 Å². The standard InChI is InChI=1S/C15H26N2O3/c1-3-15(4-2)7-10-16(11-8-15)14(20)17-9-5-6-12(17)13(18)19/h12H,3-11H2,1-2H3,(H,18,19)/t12-/m0/s1.